The number of rotatable bonds is 4. The van der Waals surface area contributed by atoms with Crippen molar-refractivity contribution in [2.24, 2.45) is 0 Å². The van der Waals surface area contributed by atoms with Crippen molar-refractivity contribution < 1.29 is 4.39 Å². The van der Waals surface area contributed by atoms with Gasteiger partial charge in [0.25, 0.3) is 5.56 Å². The number of hydrogen-bond donors (Lipinski definition) is 2. The molecule has 0 bridgehead atoms. The van der Waals surface area contributed by atoms with Crippen molar-refractivity contribution in [2.45, 2.75) is 19.0 Å². The van der Waals surface area contributed by atoms with E-state index in [4.69, 9.17) is 11.6 Å². The molecule has 0 spiro atoms. The summed E-state index contributed by atoms with van der Waals surface area (Å²) in [5, 5.41) is 5.28. The van der Waals surface area contributed by atoms with Crippen LogP contribution < -0.4 is 10.9 Å². The standard InChI is InChI=1S/C20H19ClFN3O/c21-18-3-1-2-14(19(18)22)11-25-9-7-16(12-25)24-15-4-5-17-13(10-15)6-8-23-20(17)26/h1-6,8,10,16,24H,7,9,11-12H2,(H,23,26). The van der Waals surface area contributed by atoms with Gasteiger partial charge >= 0.3 is 0 Å². The van der Waals surface area contributed by atoms with Gasteiger partial charge in [-0.25, -0.2) is 4.39 Å². The number of benzene rings is 2. The molecule has 1 aliphatic rings. The Bertz CT molecular complexity index is 1000. The smallest absolute Gasteiger partial charge is 0.255 e. The van der Waals surface area contributed by atoms with Crippen LogP contribution in [0, 0.1) is 5.82 Å². The van der Waals surface area contributed by atoms with Crippen molar-refractivity contribution in [2.75, 3.05) is 18.4 Å². The molecule has 1 unspecified atom stereocenters. The van der Waals surface area contributed by atoms with Gasteiger partial charge in [0, 0.05) is 48.5 Å². The van der Waals surface area contributed by atoms with Crippen LogP contribution in [-0.4, -0.2) is 29.0 Å². The summed E-state index contributed by atoms with van der Waals surface area (Å²) in [6, 6.07) is 13.1. The summed E-state index contributed by atoms with van der Waals surface area (Å²) in [6.45, 7) is 2.29. The summed E-state index contributed by atoms with van der Waals surface area (Å²) in [7, 11) is 0. The minimum Gasteiger partial charge on any atom is -0.381 e. The topological polar surface area (TPSA) is 48.1 Å². The molecular formula is C20H19ClFN3O. The lowest BCUT2D eigenvalue weighted by Crippen LogP contribution is -2.26. The second-order valence-corrected chi connectivity index (χ2v) is 7.09. The maximum Gasteiger partial charge on any atom is 0.255 e. The van der Waals surface area contributed by atoms with E-state index in [0.717, 1.165) is 30.6 Å². The number of nitrogens with zero attached hydrogens (tertiary/aromatic N) is 1. The van der Waals surface area contributed by atoms with E-state index in [2.05, 4.69) is 15.2 Å². The lowest BCUT2D eigenvalue weighted by atomic mass is 10.1. The summed E-state index contributed by atoms with van der Waals surface area (Å²) in [5.41, 5.74) is 1.54. The zero-order valence-corrected chi connectivity index (χ0v) is 14.9. The van der Waals surface area contributed by atoms with Crippen LogP contribution in [0.25, 0.3) is 10.8 Å². The van der Waals surface area contributed by atoms with Gasteiger partial charge in [-0.3, -0.25) is 9.69 Å². The normalized spacial score (nSPS) is 17.7. The van der Waals surface area contributed by atoms with Crippen LogP contribution in [0.5, 0.6) is 0 Å². The number of anilines is 1. The minimum atomic E-state index is -0.328. The minimum absolute atomic E-state index is 0.0790. The largest absolute Gasteiger partial charge is 0.381 e. The van der Waals surface area contributed by atoms with E-state index in [9.17, 15) is 9.18 Å². The number of halogens is 2. The van der Waals surface area contributed by atoms with Crippen LogP contribution >= 0.6 is 11.6 Å². The Morgan fingerprint density at radius 2 is 2.15 bits per heavy atom. The number of aromatic amines is 1. The molecular weight excluding hydrogens is 353 g/mol. The van der Waals surface area contributed by atoms with Crippen molar-refractivity contribution in [3.8, 4) is 0 Å². The van der Waals surface area contributed by atoms with Crippen molar-refractivity contribution >= 4 is 28.1 Å². The van der Waals surface area contributed by atoms with E-state index < -0.39 is 0 Å². The van der Waals surface area contributed by atoms with Gasteiger partial charge in [-0.1, -0.05) is 23.7 Å². The highest BCUT2D eigenvalue weighted by Gasteiger charge is 2.23. The van der Waals surface area contributed by atoms with Crippen LogP contribution in [0.2, 0.25) is 5.02 Å². The van der Waals surface area contributed by atoms with E-state index in [-0.39, 0.29) is 22.4 Å². The Morgan fingerprint density at radius 3 is 3.04 bits per heavy atom. The Hall–Kier alpha value is -2.37. The maximum atomic E-state index is 14.1. The molecule has 1 aromatic heterocycles. The molecule has 2 heterocycles. The second kappa shape index (κ2) is 7.09. The molecule has 0 aliphatic carbocycles. The molecule has 134 valence electrons. The molecule has 3 aromatic rings. The zero-order valence-electron chi connectivity index (χ0n) is 14.1. The average molecular weight is 372 g/mol. The number of nitrogens with one attached hydrogen (secondary N) is 2. The van der Waals surface area contributed by atoms with Crippen molar-refractivity contribution in [3.05, 3.63) is 75.4 Å². The van der Waals surface area contributed by atoms with Crippen molar-refractivity contribution in [1.29, 1.82) is 0 Å². The number of H-pyrrole nitrogens is 1. The van der Waals surface area contributed by atoms with Gasteiger partial charge in [0.05, 0.1) is 5.02 Å². The van der Waals surface area contributed by atoms with Crippen LogP contribution in [0.1, 0.15) is 12.0 Å². The van der Waals surface area contributed by atoms with E-state index >= 15 is 0 Å². The second-order valence-electron chi connectivity index (χ2n) is 6.69. The summed E-state index contributed by atoms with van der Waals surface area (Å²) >= 11 is 5.86. The van der Waals surface area contributed by atoms with Gasteiger partial charge in [-0.15, -0.1) is 0 Å². The lowest BCUT2D eigenvalue weighted by molar-refractivity contribution is 0.323. The van der Waals surface area contributed by atoms with Crippen molar-refractivity contribution in [1.82, 2.24) is 9.88 Å². The number of pyridine rings is 1. The molecule has 2 N–H and O–H groups in total. The molecule has 0 amide bonds. The summed E-state index contributed by atoms with van der Waals surface area (Å²) in [4.78, 5) is 16.7. The molecule has 0 saturated carbocycles. The monoisotopic (exact) mass is 371 g/mol. The third kappa shape index (κ3) is 3.45. The van der Waals surface area contributed by atoms with Gasteiger partial charge in [-0.2, -0.15) is 0 Å². The Kier molecular flexibility index (Phi) is 4.66. The van der Waals surface area contributed by atoms with Crippen LogP contribution in [0.15, 0.2) is 53.5 Å². The first kappa shape index (κ1) is 17.1. The molecule has 2 aromatic carbocycles. The summed E-state index contributed by atoms with van der Waals surface area (Å²) in [5.74, 6) is -0.328. The fraction of sp³-hybridized carbons (Fsp3) is 0.250. The van der Waals surface area contributed by atoms with Crippen LogP contribution in [-0.2, 0) is 6.54 Å². The highest BCUT2D eigenvalue weighted by molar-refractivity contribution is 6.30. The van der Waals surface area contributed by atoms with Gasteiger partial charge in [-0.05, 0) is 42.1 Å². The van der Waals surface area contributed by atoms with E-state index in [1.807, 2.05) is 24.3 Å². The van der Waals surface area contributed by atoms with E-state index in [1.165, 1.54) is 0 Å². The average Bonchev–Trinajstić information content (AvgIpc) is 3.06. The number of fused-ring (bicyclic) bond motifs is 1. The number of hydrogen-bond acceptors (Lipinski definition) is 3. The third-order valence-electron chi connectivity index (χ3n) is 4.84. The van der Waals surface area contributed by atoms with Crippen LogP contribution in [0.3, 0.4) is 0 Å². The third-order valence-corrected chi connectivity index (χ3v) is 5.13. The molecule has 26 heavy (non-hydrogen) atoms. The number of aromatic nitrogens is 1. The van der Waals surface area contributed by atoms with E-state index in [1.54, 1.807) is 24.4 Å². The van der Waals surface area contributed by atoms with Gasteiger partial charge in [0.15, 0.2) is 0 Å². The highest BCUT2D eigenvalue weighted by atomic mass is 35.5. The molecule has 1 fully saturated rings. The highest BCUT2D eigenvalue weighted by Crippen LogP contribution is 2.23. The predicted octanol–water partition coefficient (Wildman–Crippen LogP) is 4.01. The Balaban J connectivity index is 1.43. The van der Waals surface area contributed by atoms with E-state index in [0.29, 0.717) is 17.5 Å². The quantitative estimate of drug-likeness (QED) is 0.728. The lowest BCUT2D eigenvalue weighted by Gasteiger charge is -2.18. The molecule has 4 nitrogen and oxygen atoms in total. The molecule has 6 heteroatoms. The van der Waals surface area contributed by atoms with Gasteiger partial charge in [0.2, 0.25) is 0 Å². The summed E-state index contributed by atoms with van der Waals surface area (Å²) in [6.07, 6.45) is 2.64. The molecule has 1 atom stereocenters. The molecule has 0 radical (unpaired) electrons. The Labute approximate surface area is 155 Å². The first-order valence-electron chi connectivity index (χ1n) is 8.63. The SMILES string of the molecule is O=c1[nH]ccc2cc(NC3CCN(Cc4cccc(Cl)c4F)C3)ccc12. The fourth-order valence-corrected chi connectivity index (χ4v) is 3.72. The number of likely N-dealkylation sites (tertiary alicyclic amines) is 1. The molecule has 1 saturated heterocycles. The first-order valence-corrected chi connectivity index (χ1v) is 9.01. The predicted molar refractivity (Wildman–Crippen MR) is 103 cm³/mol. The Morgan fingerprint density at radius 1 is 1.27 bits per heavy atom. The molecule has 4 rings (SSSR count). The molecule has 1 aliphatic heterocycles. The van der Waals surface area contributed by atoms with Gasteiger partial charge < -0.3 is 10.3 Å². The van der Waals surface area contributed by atoms with Gasteiger partial charge in [0.1, 0.15) is 5.82 Å². The first-order chi connectivity index (χ1) is 12.6. The maximum absolute atomic E-state index is 14.1. The zero-order chi connectivity index (χ0) is 18.1. The summed E-state index contributed by atoms with van der Waals surface area (Å²) < 4.78 is 14.1. The fourth-order valence-electron chi connectivity index (χ4n) is 3.52. The van der Waals surface area contributed by atoms with Crippen LogP contribution in [0.4, 0.5) is 10.1 Å². The van der Waals surface area contributed by atoms with Crippen molar-refractivity contribution in [3.63, 3.8) is 0 Å².